The Morgan fingerprint density at radius 1 is 1.46 bits per heavy atom. The molecule has 0 aliphatic heterocycles. The minimum absolute atomic E-state index is 0.0181. The second-order valence-electron chi connectivity index (χ2n) is 5.73. The lowest BCUT2D eigenvalue weighted by atomic mass is 9.84. The Labute approximate surface area is 141 Å². The van der Waals surface area contributed by atoms with E-state index >= 15 is 0 Å². The van der Waals surface area contributed by atoms with Crippen LogP contribution in [0.3, 0.4) is 0 Å². The maximum atomic E-state index is 12.3. The molecule has 2 N–H and O–H groups in total. The van der Waals surface area contributed by atoms with Gasteiger partial charge < -0.3 is 15.2 Å². The topological polar surface area (TPSA) is 88.5 Å². The van der Waals surface area contributed by atoms with Crippen LogP contribution < -0.4 is 5.32 Å². The number of ether oxygens (including phenoxy) is 1. The Morgan fingerprint density at radius 2 is 2.25 bits per heavy atom. The molecule has 1 aliphatic carbocycles. The molecule has 0 saturated carbocycles. The van der Waals surface area contributed by atoms with Crippen LogP contribution in [0.2, 0.25) is 0 Å². The lowest BCUT2D eigenvalue weighted by Crippen LogP contribution is -2.43. The van der Waals surface area contributed by atoms with Gasteiger partial charge in [0.15, 0.2) is 0 Å². The number of esters is 1. The minimum Gasteiger partial charge on any atom is -0.508 e. The van der Waals surface area contributed by atoms with Gasteiger partial charge in [-0.1, -0.05) is 13.0 Å². The van der Waals surface area contributed by atoms with Crippen LogP contribution in [0.5, 0.6) is 0 Å². The van der Waals surface area contributed by atoms with Crippen molar-refractivity contribution in [3.8, 4) is 0 Å². The van der Waals surface area contributed by atoms with E-state index in [0.29, 0.717) is 12.0 Å². The van der Waals surface area contributed by atoms with Crippen LogP contribution in [-0.4, -0.2) is 34.6 Å². The molecule has 6 heteroatoms. The molecule has 2 rings (SSSR count). The Balaban J connectivity index is 2.09. The quantitative estimate of drug-likeness (QED) is 0.782. The van der Waals surface area contributed by atoms with Gasteiger partial charge in [-0.05, 0) is 49.5 Å². The SMILES string of the molecule is CCOC(=O)C(CC1C=CC(O)=CC1C)NC(=O)c1cccnc1. The number of nitrogens with zero attached hydrogens (tertiary/aromatic N) is 1. The maximum absolute atomic E-state index is 12.3. The number of pyridine rings is 1. The molecule has 128 valence electrons. The maximum Gasteiger partial charge on any atom is 0.328 e. The lowest BCUT2D eigenvalue weighted by Gasteiger charge is -2.26. The minimum atomic E-state index is -0.761. The van der Waals surface area contributed by atoms with Gasteiger partial charge >= 0.3 is 5.97 Å². The monoisotopic (exact) mass is 330 g/mol. The molecule has 3 atom stereocenters. The first-order valence-corrected chi connectivity index (χ1v) is 7.97. The number of nitrogens with one attached hydrogen (secondary N) is 1. The zero-order chi connectivity index (χ0) is 17.5. The molecule has 1 amide bonds. The summed E-state index contributed by atoms with van der Waals surface area (Å²) >= 11 is 0. The number of allylic oxidation sites excluding steroid dienone is 3. The van der Waals surface area contributed by atoms with Crippen molar-refractivity contribution in [2.75, 3.05) is 6.61 Å². The first-order chi connectivity index (χ1) is 11.5. The highest BCUT2D eigenvalue weighted by atomic mass is 16.5. The second-order valence-corrected chi connectivity index (χ2v) is 5.73. The van der Waals surface area contributed by atoms with E-state index < -0.39 is 12.0 Å². The van der Waals surface area contributed by atoms with E-state index in [-0.39, 0.29) is 30.1 Å². The van der Waals surface area contributed by atoms with Gasteiger partial charge in [0.25, 0.3) is 5.91 Å². The summed E-state index contributed by atoms with van der Waals surface area (Å²) in [5, 5.41) is 12.3. The van der Waals surface area contributed by atoms with E-state index in [2.05, 4.69) is 10.3 Å². The molecular weight excluding hydrogens is 308 g/mol. The molecule has 24 heavy (non-hydrogen) atoms. The van der Waals surface area contributed by atoms with Crippen molar-refractivity contribution in [3.63, 3.8) is 0 Å². The molecule has 0 spiro atoms. The van der Waals surface area contributed by atoms with Crippen molar-refractivity contribution >= 4 is 11.9 Å². The number of aromatic nitrogens is 1. The van der Waals surface area contributed by atoms with Gasteiger partial charge in [-0.2, -0.15) is 0 Å². The first-order valence-electron chi connectivity index (χ1n) is 7.97. The lowest BCUT2D eigenvalue weighted by molar-refractivity contribution is -0.145. The van der Waals surface area contributed by atoms with Crippen LogP contribution in [0.25, 0.3) is 0 Å². The summed E-state index contributed by atoms with van der Waals surface area (Å²) in [6.07, 6.45) is 8.61. The summed E-state index contributed by atoms with van der Waals surface area (Å²) in [6, 6.07) is 2.53. The number of carbonyl (C=O) groups is 2. The molecule has 6 nitrogen and oxygen atoms in total. The third kappa shape index (κ3) is 4.68. The summed E-state index contributed by atoms with van der Waals surface area (Å²) in [7, 11) is 0. The van der Waals surface area contributed by atoms with Crippen LogP contribution in [0, 0.1) is 11.8 Å². The second kappa shape index (κ2) is 8.29. The summed E-state index contributed by atoms with van der Waals surface area (Å²) in [5.74, 6) is -0.543. The standard InChI is InChI=1S/C18H22N2O4/c1-3-24-18(23)16(10-13-6-7-15(21)9-12(13)2)20-17(22)14-5-4-8-19-11-14/h4-9,11-13,16,21H,3,10H2,1-2H3,(H,20,22). The summed E-state index contributed by atoms with van der Waals surface area (Å²) in [4.78, 5) is 28.4. The Morgan fingerprint density at radius 3 is 2.88 bits per heavy atom. The van der Waals surface area contributed by atoms with Gasteiger partial charge in [0.05, 0.1) is 12.2 Å². The molecule has 0 bridgehead atoms. The number of aliphatic hydroxyl groups excluding tert-OH is 1. The van der Waals surface area contributed by atoms with E-state index in [0.717, 1.165) is 0 Å². The fraction of sp³-hybridized carbons (Fsp3) is 0.389. The van der Waals surface area contributed by atoms with Gasteiger partial charge in [-0.25, -0.2) is 4.79 Å². The van der Waals surface area contributed by atoms with Crippen molar-refractivity contribution in [1.82, 2.24) is 10.3 Å². The van der Waals surface area contributed by atoms with Crippen molar-refractivity contribution in [2.45, 2.75) is 26.3 Å². The van der Waals surface area contributed by atoms with Gasteiger partial charge in [-0.3, -0.25) is 9.78 Å². The number of aliphatic hydroxyl groups is 1. The summed E-state index contributed by atoms with van der Waals surface area (Å²) in [6.45, 7) is 3.92. The third-order valence-corrected chi connectivity index (χ3v) is 3.93. The van der Waals surface area contributed by atoms with Gasteiger partial charge in [0.2, 0.25) is 0 Å². The Hall–Kier alpha value is -2.63. The number of hydrogen-bond acceptors (Lipinski definition) is 5. The molecule has 1 heterocycles. The van der Waals surface area contributed by atoms with E-state index in [1.165, 1.54) is 6.20 Å². The van der Waals surface area contributed by atoms with Crippen LogP contribution in [0.1, 0.15) is 30.6 Å². The van der Waals surface area contributed by atoms with E-state index in [1.54, 1.807) is 37.4 Å². The molecule has 0 radical (unpaired) electrons. The number of hydrogen-bond donors (Lipinski definition) is 2. The fourth-order valence-electron chi connectivity index (χ4n) is 2.61. The zero-order valence-electron chi connectivity index (χ0n) is 13.8. The van der Waals surface area contributed by atoms with Crippen molar-refractivity contribution in [2.24, 2.45) is 11.8 Å². The molecule has 0 saturated heterocycles. The predicted octanol–water partition coefficient (Wildman–Crippen LogP) is 2.40. The predicted molar refractivity (Wildman–Crippen MR) is 89.2 cm³/mol. The average molecular weight is 330 g/mol. The normalized spacial score (nSPS) is 20.8. The van der Waals surface area contributed by atoms with Crippen molar-refractivity contribution < 1.29 is 19.4 Å². The van der Waals surface area contributed by atoms with Crippen LogP contribution in [0.4, 0.5) is 0 Å². The first kappa shape index (κ1) is 17.7. The third-order valence-electron chi connectivity index (χ3n) is 3.93. The zero-order valence-corrected chi connectivity index (χ0v) is 13.8. The Kier molecular flexibility index (Phi) is 6.12. The molecule has 1 aromatic heterocycles. The van der Waals surface area contributed by atoms with Gasteiger partial charge in [-0.15, -0.1) is 0 Å². The molecule has 0 fully saturated rings. The number of amides is 1. The number of carbonyl (C=O) groups excluding carboxylic acids is 2. The van der Waals surface area contributed by atoms with Gasteiger partial charge in [0.1, 0.15) is 11.8 Å². The smallest absolute Gasteiger partial charge is 0.328 e. The molecule has 1 aromatic rings. The van der Waals surface area contributed by atoms with E-state index in [1.807, 2.05) is 13.0 Å². The fourth-order valence-corrected chi connectivity index (χ4v) is 2.61. The number of rotatable bonds is 6. The van der Waals surface area contributed by atoms with Crippen LogP contribution >= 0.6 is 0 Å². The molecule has 3 unspecified atom stereocenters. The average Bonchev–Trinajstić information content (AvgIpc) is 2.57. The summed E-state index contributed by atoms with van der Waals surface area (Å²) < 4.78 is 5.08. The largest absolute Gasteiger partial charge is 0.508 e. The molecular formula is C18H22N2O4. The van der Waals surface area contributed by atoms with E-state index in [4.69, 9.17) is 4.74 Å². The van der Waals surface area contributed by atoms with Gasteiger partial charge in [0, 0.05) is 12.4 Å². The van der Waals surface area contributed by atoms with E-state index in [9.17, 15) is 14.7 Å². The van der Waals surface area contributed by atoms with Crippen molar-refractivity contribution in [3.05, 3.63) is 54.1 Å². The Bertz CT molecular complexity index is 640. The highest BCUT2D eigenvalue weighted by molar-refractivity contribution is 5.96. The van der Waals surface area contributed by atoms with Crippen LogP contribution in [0.15, 0.2) is 48.5 Å². The highest BCUT2D eigenvalue weighted by Crippen LogP contribution is 2.26. The van der Waals surface area contributed by atoms with Crippen molar-refractivity contribution in [1.29, 1.82) is 0 Å². The van der Waals surface area contributed by atoms with Crippen LogP contribution in [-0.2, 0) is 9.53 Å². The molecule has 1 aliphatic rings. The highest BCUT2D eigenvalue weighted by Gasteiger charge is 2.28. The summed E-state index contributed by atoms with van der Waals surface area (Å²) in [5.41, 5.74) is 0.386. The molecule has 0 aromatic carbocycles.